The third kappa shape index (κ3) is 5.07. The van der Waals surface area contributed by atoms with Crippen LogP contribution < -0.4 is 5.32 Å². The summed E-state index contributed by atoms with van der Waals surface area (Å²) >= 11 is 0. The summed E-state index contributed by atoms with van der Waals surface area (Å²) in [5.74, 6) is -5.51. The SMILES string of the molecule is CC(=O)N(CCc1ccccc1)CC(=O)Nc1ccc(F)c(F)c1F. The zero-order chi connectivity index (χ0) is 18.4. The molecule has 0 spiro atoms. The fourth-order valence-electron chi connectivity index (χ4n) is 2.24. The highest BCUT2D eigenvalue weighted by Crippen LogP contribution is 2.19. The van der Waals surface area contributed by atoms with E-state index in [1.807, 2.05) is 30.3 Å². The van der Waals surface area contributed by atoms with E-state index in [0.29, 0.717) is 19.0 Å². The molecule has 0 aromatic heterocycles. The Morgan fingerprint density at radius 2 is 1.68 bits per heavy atom. The first kappa shape index (κ1) is 18.5. The highest BCUT2D eigenvalue weighted by Gasteiger charge is 2.18. The Labute approximate surface area is 143 Å². The van der Waals surface area contributed by atoms with Crippen molar-refractivity contribution in [3.8, 4) is 0 Å². The zero-order valence-electron chi connectivity index (χ0n) is 13.6. The van der Waals surface area contributed by atoms with E-state index in [2.05, 4.69) is 5.32 Å². The number of nitrogens with zero attached hydrogens (tertiary/aromatic N) is 1. The molecule has 0 unspecified atom stereocenters. The topological polar surface area (TPSA) is 49.4 Å². The fraction of sp³-hybridized carbons (Fsp3) is 0.222. The Morgan fingerprint density at radius 3 is 2.32 bits per heavy atom. The molecule has 0 fully saturated rings. The van der Waals surface area contributed by atoms with Crippen molar-refractivity contribution >= 4 is 17.5 Å². The van der Waals surface area contributed by atoms with E-state index >= 15 is 0 Å². The first-order valence-electron chi connectivity index (χ1n) is 7.61. The summed E-state index contributed by atoms with van der Waals surface area (Å²) < 4.78 is 39.6. The number of amides is 2. The Kier molecular flexibility index (Phi) is 6.16. The van der Waals surface area contributed by atoms with Gasteiger partial charge in [0.05, 0.1) is 12.2 Å². The molecule has 7 heteroatoms. The second kappa shape index (κ2) is 8.32. The minimum absolute atomic E-state index is 0.299. The van der Waals surface area contributed by atoms with Gasteiger partial charge in [0.15, 0.2) is 17.5 Å². The van der Waals surface area contributed by atoms with Crippen molar-refractivity contribution in [2.24, 2.45) is 0 Å². The van der Waals surface area contributed by atoms with E-state index in [-0.39, 0.29) is 12.5 Å². The summed E-state index contributed by atoms with van der Waals surface area (Å²) in [6.07, 6.45) is 0.549. The number of nitrogens with one attached hydrogen (secondary N) is 1. The van der Waals surface area contributed by atoms with Gasteiger partial charge in [0.1, 0.15) is 0 Å². The van der Waals surface area contributed by atoms with E-state index < -0.39 is 29.0 Å². The van der Waals surface area contributed by atoms with Crippen molar-refractivity contribution in [2.45, 2.75) is 13.3 Å². The van der Waals surface area contributed by atoms with Crippen LogP contribution in [0.15, 0.2) is 42.5 Å². The first-order chi connectivity index (χ1) is 11.9. The molecule has 2 rings (SSSR count). The molecule has 4 nitrogen and oxygen atoms in total. The zero-order valence-corrected chi connectivity index (χ0v) is 13.6. The largest absolute Gasteiger partial charge is 0.333 e. The summed E-state index contributed by atoms with van der Waals surface area (Å²) in [6.45, 7) is 1.30. The molecule has 0 aliphatic rings. The second-order valence-electron chi connectivity index (χ2n) is 5.45. The lowest BCUT2D eigenvalue weighted by Crippen LogP contribution is -2.38. The van der Waals surface area contributed by atoms with E-state index in [9.17, 15) is 22.8 Å². The van der Waals surface area contributed by atoms with Crippen LogP contribution in [0.25, 0.3) is 0 Å². The number of halogens is 3. The number of rotatable bonds is 6. The standard InChI is InChI=1S/C18H17F3N2O2/c1-12(24)23(10-9-13-5-3-2-4-6-13)11-16(25)22-15-8-7-14(19)17(20)18(15)21/h2-8H,9-11H2,1H3,(H,22,25). The average molecular weight is 350 g/mol. The molecule has 0 aliphatic heterocycles. The summed E-state index contributed by atoms with van der Waals surface area (Å²) in [7, 11) is 0. The lowest BCUT2D eigenvalue weighted by Gasteiger charge is -2.20. The third-order valence-corrected chi connectivity index (χ3v) is 3.60. The molecule has 0 radical (unpaired) electrons. The van der Waals surface area contributed by atoms with Crippen LogP contribution in [0.1, 0.15) is 12.5 Å². The van der Waals surface area contributed by atoms with Gasteiger partial charge in [-0.05, 0) is 24.1 Å². The van der Waals surface area contributed by atoms with Crippen molar-refractivity contribution < 1.29 is 22.8 Å². The van der Waals surface area contributed by atoms with Crippen LogP contribution in [-0.4, -0.2) is 29.8 Å². The highest BCUT2D eigenvalue weighted by molar-refractivity contribution is 5.94. The molecule has 132 valence electrons. The van der Waals surface area contributed by atoms with Gasteiger partial charge in [-0.25, -0.2) is 13.2 Å². The Bertz CT molecular complexity index is 766. The van der Waals surface area contributed by atoms with E-state index in [0.717, 1.165) is 11.6 Å². The smallest absolute Gasteiger partial charge is 0.244 e. The van der Waals surface area contributed by atoms with Gasteiger partial charge in [-0.2, -0.15) is 0 Å². The summed E-state index contributed by atoms with van der Waals surface area (Å²) in [4.78, 5) is 25.0. The lowest BCUT2D eigenvalue weighted by molar-refractivity contribution is -0.132. The normalized spacial score (nSPS) is 10.4. The third-order valence-electron chi connectivity index (χ3n) is 3.60. The molecule has 2 amide bonds. The van der Waals surface area contributed by atoms with Crippen LogP contribution in [-0.2, 0) is 16.0 Å². The van der Waals surface area contributed by atoms with Gasteiger partial charge in [-0.15, -0.1) is 0 Å². The van der Waals surface area contributed by atoms with Crippen LogP contribution in [0.4, 0.5) is 18.9 Å². The molecule has 25 heavy (non-hydrogen) atoms. The number of carbonyl (C=O) groups excluding carboxylic acids is 2. The minimum atomic E-state index is -1.66. The predicted molar refractivity (Wildman–Crippen MR) is 87.3 cm³/mol. The van der Waals surface area contributed by atoms with Crippen molar-refractivity contribution in [1.29, 1.82) is 0 Å². The number of hydrogen-bond donors (Lipinski definition) is 1. The van der Waals surface area contributed by atoms with E-state index in [4.69, 9.17) is 0 Å². The van der Waals surface area contributed by atoms with Gasteiger partial charge in [0, 0.05) is 13.5 Å². The van der Waals surface area contributed by atoms with Gasteiger partial charge in [-0.3, -0.25) is 9.59 Å². The maximum atomic E-state index is 13.6. The Balaban J connectivity index is 1.98. The first-order valence-corrected chi connectivity index (χ1v) is 7.61. The molecule has 0 heterocycles. The number of anilines is 1. The van der Waals surface area contributed by atoms with Gasteiger partial charge in [0.2, 0.25) is 11.8 Å². The van der Waals surface area contributed by atoms with Crippen molar-refractivity contribution in [1.82, 2.24) is 4.90 Å². The van der Waals surface area contributed by atoms with Gasteiger partial charge in [-0.1, -0.05) is 30.3 Å². The van der Waals surface area contributed by atoms with Crippen molar-refractivity contribution in [3.05, 3.63) is 65.5 Å². The van der Waals surface area contributed by atoms with Crippen LogP contribution in [0, 0.1) is 17.5 Å². The van der Waals surface area contributed by atoms with E-state index in [1.54, 1.807) is 0 Å². The summed E-state index contributed by atoms with van der Waals surface area (Å²) in [5, 5.41) is 2.15. The lowest BCUT2D eigenvalue weighted by atomic mass is 10.1. The molecular weight excluding hydrogens is 333 g/mol. The molecule has 0 aliphatic carbocycles. The number of carbonyl (C=O) groups is 2. The second-order valence-corrected chi connectivity index (χ2v) is 5.45. The molecule has 0 atom stereocenters. The van der Waals surface area contributed by atoms with Gasteiger partial charge < -0.3 is 10.2 Å². The molecule has 2 aromatic carbocycles. The quantitative estimate of drug-likeness (QED) is 0.814. The predicted octanol–water partition coefficient (Wildman–Crippen LogP) is 3.13. The molecule has 0 saturated carbocycles. The summed E-state index contributed by atoms with van der Waals surface area (Å²) in [5.41, 5.74) is 0.524. The maximum absolute atomic E-state index is 13.6. The molecule has 1 N–H and O–H groups in total. The van der Waals surface area contributed by atoms with E-state index in [1.165, 1.54) is 11.8 Å². The summed E-state index contributed by atoms with van der Waals surface area (Å²) in [6, 6.07) is 11.0. The maximum Gasteiger partial charge on any atom is 0.244 e. The van der Waals surface area contributed by atoms with Crippen LogP contribution in [0.5, 0.6) is 0 Å². The monoisotopic (exact) mass is 350 g/mol. The Morgan fingerprint density at radius 1 is 1.00 bits per heavy atom. The van der Waals surface area contributed by atoms with Gasteiger partial charge in [0.25, 0.3) is 0 Å². The molecule has 0 saturated heterocycles. The van der Waals surface area contributed by atoms with Crippen LogP contribution >= 0.6 is 0 Å². The molecule has 0 bridgehead atoms. The Hall–Kier alpha value is -2.83. The molecule has 2 aromatic rings. The van der Waals surface area contributed by atoms with Crippen LogP contribution in [0.2, 0.25) is 0 Å². The number of benzene rings is 2. The average Bonchev–Trinajstić information content (AvgIpc) is 2.59. The fourth-order valence-corrected chi connectivity index (χ4v) is 2.24. The minimum Gasteiger partial charge on any atom is -0.333 e. The molecular formula is C18H17F3N2O2. The van der Waals surface area contributed by atoms with Gasteiger partial charge >= 0.3 is 0 Å². The van der Waals surface area contributed by atoms with Crippen LogP contribution in [0.3, 0.4) is 0 Å². The highest BCUT2D eigenvalue weighted by atomic mass is 19.2. The van der Waals surface area contributed by atoms with Crippen molar-refractivity contribution in [2.75, 3.05) is 18.4 Å². The number of hydrogen-bond acceptors (Lipinski definition) is 2. The van der Waals surface area contributed by atoms with Crippen molar-refractivity contribution in [3.63, 3.8) is 0 Å².